The fourth-order valence-electron chi connectivity index (χ4n) is 3.46. The van der Waals surface area contributed by atoms with Gasteiger partial charge in [0, 0.05) is 12.5 Å². The molecule has 1 heterocycles. The first-order chi connectivity index (χ1) is 11.2. The summed E-state index contributed by atoms with van der Waals surface area (Å²) in [7, 11) is 0. The Morgan fingerprint density at radius 3 is 2.62 bits per heavy atom. The summed E-state index contributed by atoms with van der Waals surface area (Å²) in [5.74, 6) is 0.387. The van der Waals surface area contributed by atoms with Crippen molar-refractivity contribution in [2.75, 3.05) is 13.1 Å². The van der Waals surface area contributed by atoms with E-state index in [2.05, 4.69) is 47.8 Å². The van der Waals surface area contributed by atoms with E-state index in [0.29, 0.717) is 5.02 Å². The van der Waals surface area contributed by atoms with E-state index in [-0.39, 0.29) is 24.1 Å². The molecule has 0 saturated carbocycles. The van der Waals surface area contributed by atoms with Gasteiger partial charge in [-0.1, -0.05) is 54.1 Å². The SMILES string of the molecule is Cl.Oc1cc2c(cc1Cl)CCNCC2c1ccc2ccccc2c1. The van der Waals surface area contributed by atoms with Crippen LogP contribution in [0.1, 0.15) is 22.6 Å². The van der Waals surface area contributed by atoms with E-state index in [1.165, 1.54) is 27.5 Å². The van der Waals surface area contributed by atoms with Crippen molar-refractivity contribution in [2.24, 2.45) is 0 Å². The quantitative estimate of drug-likeness (QED) is 0.647. The number of aromatic hydroxyl groups is 1. The van der Waals surface area contributed by atoms with Crippen LogP contribution in [0.2, 0.25) is 5.02 Å². The van der Waals surface area contributed by atoms with Gasteiger partial charge in [0.05, 0.1) is 5.02 Å². The standard InChI is InChI=1S/C20H18ClNO.ClH/c21-19-10-16-7-8-22-12-18(17(16)11-20(19)23)15-6-5-13-3-1-2-4-14(13)9-15;/h1-6,9-11,18,22-23H,7-8,12H2;1H. The number of halogens is 2. The lowest BCUT2D eigenvalue weighted by molar-refractivity contribution is 0.474. The third-order valence-electron chi connectivity index (χ3n) is 4.68. The monoisotopic (exact) mass is 359 g/mol. The molecule has 4 heteroatoms. The van der Waals surface area contributed by atoms with Crippen molar-refractivity contribution >= 4 is 34.8 Å². The number of phenolic OH excluding ortho intramolecular Hbond substituents is 1. The molecular weight excluding hydrogens is 341 g/mol. The van der Waals surface area contributed by atoms with Gasteiger partial charge in [-0.3, -0.25) is 0 Å². The molecule has 0 aromatic heterocycles. The van der Waals surface area contributed by atoms with Crippen molar-refractivity contribution in [1.29, 1.82) is 0 Å². The summed E-state index contributed by atoms with van der Waals surface area (Å²) in [6, 6.07) is 18.8. The smallest absolute Gasteiger partial charge is 0.134 e. The number of rotatable bonds is 1. The first-order valence-electron chi connectivity index (χ1n) is 7.93. The molecule has 0 spiro atoms. The van der Waals surface area contributed by atoms with Gasteiger partial charge in [-0.2, -0.15) is 0 Å². The van der Waals surface area contributed by atoms with Gasteiger partial charge in [-0.25, -0.2) is 0 Å². The summed E-state index contributed by atoms with van der Waals surface area (Å²) in [5, 5.41) is 16.5. The van der Waals surface area contributed by atoms with Crippen molar-refractivity contribution in [1.82, 2.24) is 5.32 Å². The molecule has 0 saturated heterocycles. The average Bonchev–Trinajstić information content (AvgIpc) is 2.77. The van der Waals surface area contributed by atoms with Crippen LogP contribution in [0.4, 0.5) is 0 Å². The summed E-state index contributed by atoms with van der Waals surface area (Å²) in [6.07, 6.45) is 0.930. The highest BCUT2D eigenvalue weighted by atomic mass is 35.5. The number of benzene rings is 3. The van der Waals surface area contributed by atoms with Gasteiger partial charge in [0.15, 0.2) is 0 Å². The molecule has 0 bridgehead atoms. The number of fused-ring (bicyclic) bond motifs is 2. The van der Waals surface area contributed by atoms with Crippen LogP contribution in [0.5, 0.6) is 5.75 Å². The minimum atomic E-state index is 0. The van der Waals surface area contributed by atoms with Gasteiger partial charge < -0.3 is 10.4 Å². The Morgan fingerprint density at radius 1 is 1.00 bits per heavy atom. The van der Waals surface area contributed by atoms with Crippen LogP contribution in [0, 0.1) is 0 Å². The summed E-state index contributed by atoms with van der Waals surface area (Å²) in [5.41, 5.74) is 3.66. The largest absolute Gasteiger partial charge is 0.506 e. The van der Waals surface area contributed by atoms with Crippen molar-refractivity contribution in [3.8, 4) is 5.75 Å². The zero-order valence-corrected chi connectivity index (χ0v) is 14.7. The van der Waals surface area contributed by atoms with Crippen molar-refractivity contribution in [2.45, 2.75) is 12.3 Å². The maximum Gasteiger partial charge on any atom is 0.134 e. The summed E-state index contributed by atoms with van der Waals surface area (Å²) in [4.78, 5) is 0. The molecule has 4 rings (SSSR count). The Bertz CT molecular complexity index is 879. The zero-order valence-electron chi connectivity index (χ0n) is 13.1. The Morgan fingerprint density at radius 2 is 1.79 bits per heavy atom. The van der Waals surface area contributed by atoms with E-state index in [1.54, 1.807) is 0 Å². The lowest BCUT2D eigenvalue weighted by Gasteiger charge is -2.19. The molecule has 0 amide bonds. The molecule has 1 aliphatic rings. The Kier molecular flexibility index (Phi) is 5.00. The summed E-state index contributed by atoms with van der Waals surface area (Å²) >= 11 is 6.10. The van der Waals surface area contributed by atoms with Crippen LogP contribution in [-0.2, 0) is 6.42 Å². The molecular formula is C20H19Cl2NO. The normalized spacial score (nSPS) is 17.0. The first-order valence-corrected chi connectivity index (χ1v) is 8.31. The maximum absolute atomic E-state index is 10.1. The van der Waals surface area contributed by atoms with Gasteiger partial charge in [0.1, 0.15) is 5.75 Å². The highest BCUT2D eigenvalue weighted by Crippen LogP contribution is 2.36. The molecule has 3 aromatic rings. The summed E-state index contributed by atoms with van der Waals surface area (Å²) < 4.78 is 0. The van der Waals surface area contributed by atoms with Crippen LogP contribution >= 0.6 is 24.0 Å². The van der Waals surface area contributed by atoms with Gasteiger partial charge in [-0.05, 0) is 52.6 Å². The van der Waals surface area contributed by atoms with E-state index >= 15 is 0 Å². The molecule has 0 radical (unpaired) electrons. The molecule has 0 aliphatic carbocycles. The third-order valence-corrected chi connectivity index (χ3v) is 4.98. The molecule has 24 heavy (non-hydrogen) atoms. The summed E-state index contributed by atoms with van der Waals surface area (Å²) in [6.45, 7) is 1.80. The lowest BCUT2D eigenvalue weighted by atomic mass is 9.87. The van der Waals surface area contributed by atoms with E-state index < -0.39 is 0 Å². The third kappa shape index (κ3) is 3.10. The van der Waals surface area contributed by atoms with Crippen molar-refractivity contribution in [3.63, 3.8) is 0 Å². The Labute approximate surface area is 152 Å². The number of phenols is 1. The lowest BCUT2D eigenvalue weighted by Crippen LogP contribution is -2.20. The molecule has 1 unspecified atom stereocenters. The molecule has 0 fully saturated rings. The Balaban J connectivity index is 0.00000169. The van der Waals surface area contributed by atoms with Crippen LogP contribution in [0.3, 0.4) is 0 Å². The highest BCUT2D eigenvalue weighted by molar-refractivity contribution is 6.32. The molecule has 124 valence electrons. The minimum Gasteiger partial charge on any atom is -0.506 e. The maximum atomic E-state index is 10.1. The van der Waals surface area contributed by atoms with Crippen LogP contribution in [0.25, 0.3) is 10.8 Å². The molecule has 1 aliphatic heterocycles. The van der Waals surface area contributed by atoms with Crippen molar-refractivity contribution < 1.29 is 5.11 Å². The van der Waals surface area contributed by atoms with Crippen LogP contribution in [0.15, 0.2) is 54.6 Å². The minimum absolute atomic E-state index is 0. The van der Waals surface area contributed by atoms with Crippen LogP contribution < -0.4 is 5.32 Å². The zero-order chi connectivity index (χ0) is 15.8. The van der Waals surface area contributed by atoms with E-state index in [0.717, 1.165) is 19.5 Å². The molecule has 1 atom stereocenters. The fraction of sp³-hybridized carbons (Fsp3) is 0.200. The highest BCUT2D eigenvalue weighted by Gasteiger charge is 2.22. The number of hydrogen-bond donors (Lipinski definition) is 2. The number of hydrogen-bond acceptors (Lipinski definition) is 2. The van der Waals surface area contributed by atoms with Gasteiger partial charge in [0.25, 0.3) is 0 Å². The Hall–Kier alpha value is -1.74. The van der Waals surface area contributed by atoms with E-state index in [4.69, 9.17) is 11.6 Å². The van der Waals surface area contributed by atoms with Gasteiger partial charge in [-0.15, -0.1) is 12.4 Å². The van der Waals surface area contributed by atoms with E-state index in [9.17, 15) is 5.11 Å². The molecule has 2 N–H and O–H groups in total. The first kappa shape index (κ1) is 17.1. The van der Waals surface area contributed by atoms with Crippen molar-refractivity contribution in [3.05, 3.63) is 76.3 Å². The second-order valence-corrected chi connectivity index (χ2v) is 6.52. The topological polar surface area (TPSA) is 32.3 Å². The predicted molar refractivity (Wildman–Crippen MR) is 103 cm³/mol. The van der Waals surface area contributed by atoms with Gasteiger partial charge in [0.2, 0.25) is 0 Å². The average molecular weight is 360 g/mol. The second kappa shape index (κ2) is 7.02. The van der Waals surface area contributed by atoms with E-state index in [1.807, 2.05) is 12.1 Å². The predicted octanol–water partition coefficient (Wildman–Crippen LogP) is 4.90. The second-order valence-electron chi connectivity index (χ2n) is 6.12. The van der Waals surface area contributed by atoms with Gasteiger partial charge >= 0.3 is 0 Å². The molecule has 3 aromatic carbocycles. The van der Waals surface area contributed by atoms with Crippen LogP contribution in [-0.4, -0.2) is 18.2 Å². The number of nitrogens with one attached hydrogen (secondary N) is 1. The molecule has 2 nitrogen and oxygen atoms in total. The fourth-order valence-corrected chi connectivity index (χ4v) is 3.65.